The zero-order valence-corrected chi connectivity index (χ0v) is 8.30. The molecule has 1 atom stereocenters. The maximum atomic E-state index is 11.3. The first-order valence-corrected chi connectivity index (χ1v) is 4.63. The third-order valence-electron chi connectivity index (χ3n) is 1.82. The van der Waals surface area contributed by atoms with Crippen LogP contribution in [-0.2, 0) is 9.59 Å². The van der Waals surface area contributed by atoms with Gasteiger partial charge in [0.1, 0.15) is 5.25 Å². The first-order chi connectivity index (χ1) is 6.06. The molecule has 1 aliphatic heterocycles. The van der Waals surface area contributed by atoms with Gasteiger partial charge in [0, 0.05) is 20.5 Å². The molecule has 72 valence electrons. The van der Waals surface area contributed by atoms with E-state index in [0.717, 1.165) is 16.7 Å². The second-order valence-electron chi connectivity index (χ2n) is 2.66. The SMILES string of the molecule is CN=C(N)SC1CC(=O)N(C)C1=O. The Kier molecular flexibility index (Phi) is 2.92. The van der Waals surface area contributed by atoms with E-state index in [1.165, 1.54) is 7.05 Å². The number of hydrogen-bond acceptors (Lipinski definition) is 4. The Morgan fingerprint density at radius 3 is 2.69 bits per heavy atom. The predicted molar refractivity (Wildman–Crippen MR) is 51.3 cm³/mol. The van der Waals surface area contributed by atoms with Crippen molar-refractivity contribution in [2.75, 3.05) is 14.1 Å². The summed E-state index contributed by atoms with van der Waals surface area (Å²) in [5, 5.41) is -0.0531. The topological polar surface area (TPSA) is 75.8 Å². The van der Waals surface area contributed by atoms with Crippen LogP contribution >= 0.6 is 11.8 Å². The predicted octanol–water partition coefficient (Wildman–Crippen LogP) is -0.579. The molecule has 1 heterocycles. The van der Waals surface area contributed by atoms with Gasteiger partial charge in [-0.25, -0.2) is 0 Å². The van der Waals surface area contributed by atoms with E-state index < -0.39 is 0 Å². The van der Waals surface area contributed by atoms with Crippen LogP contribution in [0.2, 0.25) is 0 Å². The molecule has 0 aromatic carbocycles. The number of carbonyl (C=O) groups is 2. The molecule has 2 N–H and O–H groups in total. The summed E-state index contributed by atoms with van der Waals surface area (Å²) in [6.07, 6.45) is 0.218. The molecule has 6 heteroatoms. The molecular weight excluding hydrogens is 190 g/mol. The van der Waals surface area contributed by atoms with Crippen molar-refractivity contribution in [3.8, 4) is 0 Å². The number of amides is 2. The third-order valence-corrected chi connectivity index (χ3v) is 2.90. The van der Waals surface area contributed by atoms with Gasteiger partial charge in [-0.15, -0.1) is 0 Å². The van der Waals surface area contributed by atoms with Crippen LogP contribution in [0.1, 0.15) is 6.42 Å². The van der Waals surface area contributed by atoms with E-state index >= 15 is 0 Å². The van der Waals surface area contributed by atoms with Crippen molar-refractivity contribution in [1.82, 2.24) is 4.90 Å². The van der Waals surface area contributed by atoms with Crippen LogP contribution in [0.4, 0.5) is 0 Å². The molecule has 0 aromatic rings. The lowest BCUT2D eigenvalue weighted by Crippen LogP contribution is -2.27. The first-order valence-electron chi connectivity index (χ1n) is 3.75. The van der Waals surface area contributed by atoms with Crippen molar-refractivity contribution >= 4 is 28.7 Å². The van der Waals surface area contributed by atoms with Crippen molar-refractivity contribution in [3.63, 3.8) is 0 Å². The summed E-state index contributed by atoms with van der Waals surface area (Å²) in [4.78, 5) is 27.3. The fraction of sp³-hybridized carbons (Fsp3) is 0.571. The first kappa shape index (κ1) is 10.0. The largest absolute Gasteiger partial charge is 0.379 e. The Hall–Kier alpha value is -1.04. The Bertz CT molecular complexity index is 277. The number of amidine groups is 1. The molecule has 0 radical (unpaired) electrons. The molecule has 1 fully saturated rings. The molecule has 13 heavy (non-hydrogen) atoms. The molecule has 1 saturated heterocycles. The fourth-order valence-corrected chi connectivity index (χ4v) is 1.89. The summed E-state index contributed by atoms with van der Waals surface area (Å²) in [7, 11) is 3.03. The molecule has 0 saturated carbocycles. The van der Waals surface area contributed by atoms with Crippen LogP contribution in [0.3, 0.4) is 0 Å². The Morgan fingerprint density at radius 2 is 2.31 bits per heavy atom. The average Bonchev–Trinajstić information content (AvgIpc) is 2.34. The third kappa shape index (κ3) is 2.00. The second kappa shape index (κ2) is 3.78. The summed E-state index contributed by atoms with van der Waals surface area (Å²) in [6.45, 7) is 0. The number of imide groups is 1. The standard InChI is InChI=1S/C7H11N3O2S/c1-9-7(8)13-4-3-5(11)10(2)6(4)12/h4H,3H2,1-2H3,(H2,8,9). The molecule has 5 nitrogen and oxygen atoms in total. The van der Waals surface area contributed by atoms with Crippen LogP contribution in [0, 0.1) is 0 Å². The number of likely N-dealkylation sites (tertiary alicyclic amines) is 1. The molecule has 1 rings (SSSR count). The Labute approximate surface area is 80.4 Å². The monoisotopic (exact) mass is 201 g/mol. The summed E-state index contributed by atoms with van der Waals surface area (Å²) >= 11 is 1.14. The summed E-state index contributed by atoms with van der Waals surface area (Å²) in [6, 6.07) is 0. The minimum absolute atomic E-state index is 0.161. The smallest absolute Gasteiger partial charge is 0.243 e. The van der Waals surface area contributed by atoms with E-state index in [1.54, 1.807) is 7.05 Å². The van der Waals surface area contributed by atoms with Gasteiger partial charge in [-0.3, -0.25) is 19.5 Å². The highest BCUT2D eigenvalue weighted by Gasteiger charge is 2.36. The van der Waals surface area contributed by atoms with Gasteiger partial charge in [0.25, 0.3) is 0 Å². The fourth-order valence-electron chi connectivity index (χ4n) is 1.01. The minimum atomic E-state index is -0.388. The Morgan fingerprint density at radius 1 is 1.69 bits per heavy atom. The number of nitrogens with zero attached hydrogens (tertiary/aromatic N) is 2. The molecule has 0 spiro atoms. The van der Waals surface area contributed by atoms with Crippen LogP contribution < -0.4 is 5.73 Å². The van der Waals surface area contributed by atoms with Crippen LogP contribution in [0.25, 0.3) is 0 Å². The summed E-state index contributed by atoms with van der Waals surface area (Å²) < 4.78 is 0. The maximum Gasteiger partial charge on any atom is 0.243 e. The van der Waals surface area contributed by atoms with Gasteiger partial charge in [-0.1, -0.05) is 11.8 Å². The number of aliphatic imine (C=N–C) groups is 1. The quantitative estimate of drug-likeness (QED) is 0.350. The molecule has 0 aliphatic carbocycles. The number of nitrogens with two attached hydrogens (primary N) is 1. The molecular formula is C7H11N3O2S. The molecule has 2 amide bonds. The van der Waals surface area contributed by atoms with Gasteiger partial charge in [0.15, 0.2) is 5.17 Å². The lowest BCUT2D eigenvalue weighted by atomic mass is 10.4. The van der Waals surface area contributed by atoms with E-state index in [4.69, 9.17) is 5.73 Å². The molecule has 1 aliphatic rings. The van der Waals surface area contributed by atoms with Crippen LogP contribution in [-0.4, -0.2) is 41.2 Å². The van der Waals surface area contributed by atoms with Gasteiger partial charge < -0.3 is 5.73 Å². The van der Waals surface area contributed by atoms with Gasteiger partial charge in [0.05, 0.1) is 0 Å². The van der Waals surface area contributed by atoms with E-state index in [9.17, 15) is 9.59 Å². The highest BCUT2D eigenvalue weighted by molar-refractivity contribution is 8.14. The molecule has 1 unspecified atom stereocenters. The lowest BCUT2D eigenvalue weighted by molar-refractivity contribution is -0.136. The highest BCUT2D eigenvalue weighted by atomic mass is 32.2. The van der Waals surface area contributed by atoms with Crippen molar-refractivity contribution in [3.05, 3.63) is 0 Å². The van der Waals surface area contributed by atoms with Crippen molar-refractivity contribution in [2.45, 2.75) is 11.7 Å². The summed E-state index contributed by atoms with van der Waals surface area (Å²) in [5.74, 6) is -0.354. The van der Waals surface area contributed by atoms with Gasteiger partial charge in [0.2, 0.25) is 11.8 Å². The van der Waals surface area contributed by atoms with Gasteiger partial charge in [-0.05, 0) is 0 Å². The van der Waals surface area contributed by atoms with Crippen molar-refractivity contribution in [1.29, 1.82) is 0 Å². The zero-order valence-electron chi connectivity index (χ0n) is 7.48. The normalized spacial score (nSPS) is 24.3. The highest BCUT2D eigenvalue weighted by Crippen LogP contribution is 2.23. The number of hydrogen-bond donors (Lipinski definition) is 1. The van der Waals surface area contributed by atoms with Crippen molar-refractivity contribution < 1.29 is 9.59 Å². The number of carbonyl (C=O) groups excluding carboxylic acids is 2. The van der Waals surface area contributed by atoms with E-state index in [1.807, 2.05) is 0 Å². The molecule has 0 aromatic heterocycles. The molecule has 0 bridgehead atoms. The van der Waals surface area contributed by atoms with E-state index in [0.29, 0.717) is 5.17 Å². The van der Waals surface area contributed by atoms with E-state index in [2.05, 4.69) is 4.99 Å². The zero-order chi connectivity index (χ0) is 10.0. The number of rotatable bonds is 1. The second-order valence-corrected chi connectivity index (χ2v) is 3.89. The van der Waals surface area contributed by atoms with Crippen LogP contribution in [0.5, 0.6) is 0 Å². The van der Waals surface area contributed by atoms with E-state index in [-0.39, 0.29) is 23.5 Å². The maximum absolute atomic E-state index is 11.3. The Balaban J connectivity index is 2.64. The minimum Gasteiger partial charge on any atom is -0.379 e. The van der Waals surface area contributed by atoms with Crippen LogP contribution in [0.15, 0.2) is 4.99 Å². The van der Waals surface area contributed by atoms with Gasteiger partial charge >= 0.3 is 0 Å². The number of thioether (sulfide) groups is 1. The lowest BCUT2D eigenvalue weighted by Gasteiger charge is -2.06. The van der Waals surface area contributed by atoms with Gasteiger partial charge in [-0.2, -0.15) is 0 Å². The van der Waals surface area contributed by atoms with Crippen molar-refractivity contribution in [2.24, 2.45) is 10.7 Å². The summed E-state index contributed by atoms with van der Waals surface area (Å²) in [5.41, 5.74) is 5.44. The average molecular weight is 201 g/mol.